The number of rotatable bonds is 8. The number of halogens is 1. The van der Waals surface area contributed by atoms with Crippen LogP contribution in [0.5, 0.6) is 5.75 Å². The van der Waals surface area contributed by atoms with Crippen LogP contribution in [0.3, 0.4) is 0 Å². The number of aromatic nitrogens is 2. The van der Waals surface area contributed by atoms with E-state index in [1.807, 2.05) is 38.1 Å². The fraction of sp³-hybridized carbons (Fsp3) is 0.286. The predicted molar refractivity (Wildman–Crippen MR) is 116 cm³/mol. The summed E-state index contributed by atoms with van der Waals surface area (Å²) in [4.78, 5) is 25.0. The number of furan rings is 1. The minimum absolute atomic E-state index is 0.113. The summed E-state index contributed by atoms with van der Waals surface area (Å²) in [6.45, 7) is 4.71. The molecular weight excluding hydrogens is 452 g/mol. The van der Waals surface area contributed by atoms with Crippen LogP contribution in [0.4, 0.5) is 5.69 Å². The van der Waals surface area contributed by atoms with Gasteiger partial charge in [0.25, 0.3) is 11.8 Å². The summed E-state index contributed by atoms with van der Waals surface area (Å²) >= 11 is 3.37. The first-order valence-electron chi connectivity index (χ1n) is 9.42. The second kappa shape index (κ2) is 9.62. The Labute approximate surface area is 182 Å². The van der Waals surface area contributed by atoms with Crippen molar-refractivity contribution < 1.29 is 18.7 Å². The Morgan fingerprint density at radius 2 is 1.90 bits per heavy atom. The van der Waals surface area contributed by atoms with Gasteiger partial charge in [-0.25, -0.2) is 0 Å². The molecule has 0 aliphatic rings. The number of amides is 2. The van der Waals surface area contributed by atoms with Crippen LogP contribution in [0.2, 0.25) is 0 Å². The molecule has 0 spiro atoms. The molecule has 1 aromatic carbocycles. The van der Waals surface area contributed by atoms with Crippen molar-refractivity contribution in [3.05, 3.63) is 64.3 Å². The second-order valence-electron chi connectivity index (χ2n) is 7.10. The van der Waals surface area contributed by atoms with Gasteiger partial charge < -0.3 is 19.8 Å². The Hall–Kier alpha value is -3.07. The van der Waals surface area contributed by atoms with Crippen LogP contribution in [0.25, 0.3) is 0 Å². The number of anilines is 1. The number of aryl methyl sites for hydroxylation is 1. The molecule has 0 aliphatic carbocycles. The molecule has 0 unspecified atom stereocenters. The minimum atomic E-state index is -0.476. The van der Waals surface area contributed by atoms with Crippen LogP contribution in [0.1, 0.15) is 40.7 Å². The van der Waals surface area contributed by atoms with Gasteiger partial charge in [0.05, 0.1) is 11.9 Å². The van der Waals surface area contributed by atoms with Crippen molar-refractivity contribution in [1.82, 2.24) is 15.1 Å². The van der Waals surface area contributed by atoms with Gasteiger partial charge in [-0.1, -0.05) is 29.8 Å². The van der Waals surface area contributed by atoms with E-state index in [4.69, 9.17) is 9.15 Å². The van der Waals surface area contributed by atoms with Gasteiger partial charge in [0.15, 0.2) is 5.76 Å². The lowest BCUT2D eigenvalue weighted by molar-refractivity contribution is 0.0940. The highest BCUT2D eigenvalue weighted by Gasteiger charge is 2.20. The molecule has 158 valence electrons. The molecule has 0 saturated carbocycles. The fourth-order valence-electron chi connectivity index (χ4n) is 2.63. The van der Waals surface area contributed by atoms with Gasteiger partial charge in [0.2, 0.25) is 0 Å². The maximum absolute atomic E-state index is 12.6. The molecule has 30 heavy (non-hydrogen) atoms. The average Bonchev–Trinajstić information content (AvgIpc) is 3.32. The summed E-state index contributed by atoms with van der Waals surface area (Å²) in [6, 6.07) is 10.6. The van der Waals surface area contributed by atoms with Gasteiger partial charge in [0.1, 0.15) is 23.8 Å². The average molecular weight is 475 g/mol. The number of hydrogen-bond acceptors (Lipinski definition) is 5. The van der Waals surface area contributed by atoms with E-state index in [0.717, 1.165) is 4.47 Å². The van der Waals surface area contributed by atoms with Gasteiger partial charge in [0, 0.05) is 18.1 Å². The van der Waals surface area contributed by atoms with Crippen LogP contribution in [0.15, 0.2) is 51.5 Å². The first-order valence-corrected chi connectivity index (χ1v) is 10.2. The molecule has 0 aliphatic heterocycles. The highest BCUT2D eigenvalue weighted by molar-refractivity contribution is 9.10. The van der Waals surface area contributed by atoms with Crippen molar-refractivity contribution in [2.75, 3.05) is 11.9 Å². The first kappa shape index (κ1) is 21.6. The second-order valence-corrected chi connectivity index (χ2v) is 8.01. The molecule has 2 aromatic heterocycles. The Kier molecular flexibility index (Phi) is 6.94. The van der Waals surface area contributed by atoms with E-state index in [1.54, 1.807) is 19.2 Å². The predicted octanol–water partition coefficient (Wildman–Crippen LogP) is 3.99. The molecule has 2 amide bonds. The van der Waals surface area contributed by atoms with Gasteiger partial charge in [-0.15, -0.1) is 0 Å². The third kappa shape index (κ3) is 5.50. The zero-order chi connectivity index (χ0) is 21.7. The van der Waals surface area contributed by atoms with E-state index in [2.05, 4.69) is 31.7 Å². The van der Waals surface area contributed by atoms with Crippen LogP contribution < -0.4 is 15.4 Å². The maximum atomic E-state index is 12.6. The van der Waals surface area contributed by atoms with E-state index in [0.29, 0.717) is 29.7 Å². The van der Waals surface area contributed by atoms with Crippen LogP contribution >= 0.6 is 15.9 Å². The molecule has 3 rings (SSSR count). The molecule has 0 fully saturated rings. The number of ether oxygens (including phenoxy) is 1. The Morgan fingerprint density at radius 3 is 2.60 bits per heavy atom. The first-order chi connectivity index (χ1) is 14.3. The summed E-state index contributed by atoms with van der Waals surface area (Å²) in [6.07, 6.45) is 1.43. The minimum Gasteiger partial charge on any atom is -0.486 e. The standard InChI is InChI=1S/C21H23BrN4O4/c1-13(2)10-23-21(28)19-17(11-24-26(19)3)25-20(27)18-9-8-16(30-18)12-29-15-6-4-14(22)5-7-15/h4-9,11,13H,10,12H2,1-3H3,(H,23,28)(H,25,27). The van der Waals surface area contributed by atoms with Crippen molar-refractivity contribution in [3.8, 4) is 5.75 Å². The normalized spacial score (nSPS) is 10.8. The smallest absolute Gasteiger partial charge is 0.291 e. The van der Waals surface area contributed by atoms with Crippen molar-refractivity contribution in [3.63, 3.8) is 0 Å². The molecule has 0 atom stereocenters. The van der Waals surface area contributed by atoms with E-state index in [9.17, 15) is 9.59 Å². The van der Waals surface area contributed by atoms with Gasteiger partial charge in [-0.3, -0.25) is 14.3 Å². The van der Waals surface area contributed by atoms with Gasteiger partial charge in [-0.2, -0.15) is 5.10 Å². The maximum Gasteiger partial charge on any atom is 0.291 e. The van der Waals surface area contributed by atoms with E-state index >= 15 is 0 Å². The topological polar surface area (TPSA) is 98.4 Å². The van der Waals surface area contributed by atoms with Gasteiger partial charge >= 0.3 is 0 Å². The molecule has 2 heterocycles. The molecule has 2 N–H and O–H groups in total. The Balaban J connectivity index is 1.63. The molecule has 9 heteroatoms. The van der Waals surface area contributed by atoms with Crippen molar-refractivity contribution in [2.45, 2.75) is 20.5 Å². The number of benzene rings is 1. The summed E-state index contributed by atoms with van der Waals surface area (Å²) in [5.41, 5.74) is 0.585. The lowest BCUT2D eigenvalue weighted by atomic mass is 10.2. The molecule has 3 aromatic rings. The molecule has 0 radical (unpaired) electrons. The summed E-state index contributed by atoms with van der Waals surface area (Å²) in [5.74, 6) is 0.832. The van der Waals surface area contributed by atoms with Crippen LogP contribution in [-0.2, 0) is 13.7 Å². The molecular formula is C21H23BrN4O4. The third-order valence-electron chi connectivity index (χ3n) is 4.15. The quantitative estimate of drug-likeness (QED) is 0.514. The van der Waals surface area contributed by atoms with Crippen molar-refractivity contribution >= 4 is 33.4 Å². The van der Waals surface area contributed by atoms with E-state index < -0.39 is 5.91 Å². The third-order valence-corrected chi connectivity index (χ3v) is 4.68. The van der Waals surface area contributed by atoms with Crippen molar-refractivity contribution in [2.24, 2.45) is 13.0 Å². The zero-order valence-corrected chi connectivity index (χ0v) is 18.5. The number of carbonyl (C=O) groups is 2. The number of carbonyl (C=O) groups excluding carboxylic acids is 2. The molecule has 0 saturated heterocycles. The van der Waals surface area contributed by atoms with E-state index in [1.165, 1.54) is 10.9 Å². The largest absolute Gasteiger partial charge is 0.486 e. The summed E-state index contributed by atoms with van der Waals surface area (Å²) < 4.78 is 13.6. The molecule has 8 nitrogen and oxygen atoms in total. The van der Waals surface area contributed by atoms with Crippen LogP contribution in [0, 0.1) is 5.92 Å². The summed E-state index contributed by atoms with van der Waals surface area (Å²) in [5, 5.41) is 9.58. The van der Waals surface area contributed by atoms with E-state index in [-0.39, 0.29) is 24.0 Å². The number of hydrogen-bond donors (Lipinski definition) is 2. The summed E-state index contributed by atoms with van der Waals surface area (Å²) in [7, 11) is 1.64. The van der Waals surface area contributed by atoms with Crippen LogP contribution in [-0.4, -0.2) is 28.1 Å². The Bertz CT molecular complexity index is 1020. The monoisotopic (exact) mass is 474 g/mol. The molecule has 0 bridgehead atoms. The number of nitrogens with zero attached hydrogens (tertiary/aromatic N) is 2. The Morgan fingerprint density at radius 1 is 1.17 bits per heavy atom. The highest BCUT2D eigenvalue weighted by atomic mass is 79.9. The number of nitrogens with one attached hydrogen (secondary N) is 2. The fourth-order valence-corrected chi connectivity index (χ4v) is 2.89. The lowest BCUT2D eigenvalue weighted by Crippen LogP contribution is -2.30. The van der Waals surface area contributed by atoms with Gasteiger partial charge in [-0.05, 0) is 42.3 Å². The SMILES string of the molecule is CC(C)CNC(=O)c1c(NC(=O)c2ccc(COc3ccc(Br)cc3)o2)cnn1C. The zero-order valence-electron chi connectivity index (χ0n) is 16.9. The highest BCUT2D eigenvalue weighted by Crippen LogP contribution is 2.19. The lowest BCUT2D eigenvalue weighted by Gasteiger charge is -2.10. The van der Waals surface area contributed by atoms with Crippen molar-refractivity contribution in [1.29, 1.82) is 0 Å².